The van der Waals surface area contributed by atoms with Gasteiger partial charge in [0.1, 0.15) is 5.60 Å². The molecule has 2 nitrogen and oxygen atoms in total. The molecule has 1 atom stereocenters. The quantitative estimate of drug-likeness (QED) is 0.746. The van der Waals surface area contributed by atoms with Crippen molar-refractivity contribution in [2.45, 2.75) is 18.4 Å². The molecule has 0 saturated carbocycles. The molecule has 5 rings (SSSR count). The molecule has 23 heavy (non-hydrogen) atoms. The summed E-state index contributed by atoms with van der Waals surface area (Å²) in [7, 11) is 0. The SMILES string of the molecule is OC(c1ccc(Cl)s1)(c1ccc(Cl)s1)C1C[NH+]2CCC1CC2.[Cl-]. The van der Waals surface area contributed by atoms with Crippen molar-refractivity contribution in [1.29, 1.82) is 0 Å². The van der Waals surface area contributed by atoms with E-state index in [1.807, 2.05) is 24.3 Å². The molecule has 0 spiro atoms. The van der Waals surface area contributed by atoms with E-state index in [-0.39, 0.29) is 18.3 Å². The van der Waals surface area contributed by atoms with E-state index in [0.29, 0.717) is 5.92 Å². The normalized spacial score (nSPS) is 27.0. The molecule has 0 amide bonds. The zero-order valence-electron chi connectivity index (χ0n) is 12.4. The number of hydrogen-bond acceptors (Lipinski definition) is 3. The van der Waals surface area contributed by atoms with E-state index >= 15 is 0 Å². The summed E-state index contributed by atoms with van der Waals surface area (Å²) in [5.74, 6) is 0.832. The fraction of sp³-hybridized carbons (Fsp3) is 0.500. The molecule has 3 aliphatic heterocycles. The van der Waals surface area contributed by atoms with Gasteiger partial charge in [-0.05, 0) is 30.2 Å². The molecular weight excluding hydrogens is 393 g/mol. The van der Waals surface area contributed by atoms with Gasteiger partial charge in [0.2, 0.25) is 0 Å². The largest absolute Gasteiger partial charge is 1.00 e. The molecule has 2 aromatic rings. The second kappa shape index (κ2) is 6.83. The van der Waals surface area contributed by atoms with E-state index in [0.717, 1.165) is 25.0 Å². The molecule has 0 aliphatic carbocycles. The summed E-state index contributed by atoms with van der Waals surface area (Å²) in [6.45, 7) is 3.52. The minimum absolute atomic E-state index is 0. The van der Waals surface area contributed by atoms with Crippen LogP contribution in [-0.2, 0) is 5.60 Å². The van der Waals surface area contributed by atoms with E-state index in [1.54, 1.807) is 4.90 Å². The summed E-state index contributed by atoms with van der Waals surface area (Å²) < 4.78 is 1.45. The first-order chi connectivity index (χ1) is 10.6. The summed E-state index contributed by atoms with van der Waals surface area (Å²) in [4.78, 5) is 3.53. The highest BCUT2D eigenvalue weighted by Gasteiger charge is 2.52. The van der Waals surface area contributed by atoms with Crippen LogP contribution >= 0.6 is 45.9 Å². The Morgan fingerprint density at radius 1 is 1.00 bits per heavy atom. The maximum Gasteiger partial charge on any atom is 0.141 e. The smallest absolute Gasteiger partial charge is 0.141 e. The van der Waals surface area contributed by atoms with Crippen LogP contribution in [-0.4, -0.2) is 24.7 Å². The molecule has 2 aromatic heterocycles. The van der Waals surface area contributed by atoms with Crippen molar-refractivity contribution in [3.63, 3.8) is 0 Å². The fourth-order valence-corrected chi connectivity index (χ4v) is 6.63. The monoisotopic (exact) mass is 409 g/mol. The van der Waals surface area contributed by atoms with E-state index in [4.69, 9.17) is 23.2 Å². The molecular formula is C16H18Cl3NOS2. The van der Waals surface area contributed by atoms with Crippen LogP contribution in [0.3, 0.4) is 0 Å². The molecule has 0 aromatic carbocycles. The lowest BCUT2D eigenvalue weighted by atomic mass is 9.69. The number of halogens is 3. The lowest BCUT2D eigenvalue weighted by molar-refractivity contribution is -0.922. The van der Waals surface area contributed by atoms with Gasteiger partial charge in [-0.15, -0.1) is 22.7 Å². The molecule has 3 saturated heterocycles. The third-order valence-corrected chi connectivity index (χ3v) is 7.96. The lowest BCUT2D eigenvalue weighted by Gasteiger charge is -2.48. The Hall–Kier alpha value is 0.190. The molecule has 126 valence electrons. The minimum Gasteiger partial charge on any atom is -1.00 e. The van der Waals surface area contributed by atoms with Gasteiger partial charge in [-0.25, -0.2) is 0 Å². The van der Waals surface area contributed by atoms with E-state index in [2.05, 4.69) is 0 Å². The molecule has 2 N–H and O–H groups in total. The Bertz CT molecular complexity index is 638. The van der Waals surface area contributed by atoms with Gasteiger partial charge in [0.15, 0.2) is 0 Å². The predicted octanol–water partition coefficient (Wildman–Crippen LogP) is 0.281. The van der Waals surface area contributed by atoms with Crippen molar-refractivity contribution >= 4 is 45.9 Å². The van der Waals surface area contributed by atoms with Gasteiger partial charge >= 0.3 is 0 Å². The highest BCUT2D eigenvalue weighted by atomic mass is 35.5. The van der Waals surface area contributed by atoms with Crippen LogP contribution in [0.25, 0.3) is 0 Å². The summed E-state index contributed by atoms with van der Waals surface area (Å²) >= 11 is 15.3. The zero-order chi connectivity index (χ0) is 15.3. The number of quaternary nitrogens is 1. The first-order valence-electron chi connectivity index (χ1n) is 7.65. The maximum absolute atomic E-state index is 11.8. The highest BCUT2D eigenvalue weighted by Crippen LogP contribution is 2.48. The Balaban J connectivity index is 0.00000156. The standard InChI is InChI=1S/C16H17Cl2NOS2.ClH/c17-14-3-1-12(21-14)16(20,13-2-4-15(18)22-13)11-9-19-7-5-10(11)6-8-19;/h1-4,10-11,20H,5-9H2;1H. The molecule has 0 radical (unpaired) electrons. The summed E-state index contributed by atoms with van der Waals surface area (Å²) in [6, 6.07) is 7.73. The summed E-state index contributed by atoms with van der Waals surface area (Å²) in [6.07, 6.45) is 2.42. The first-order valence-corrected chi connectivity index (χ1v) is 10.0. The van der Waals surface area contributed by atoms with Crippen LogP contribution in [0.5, 0.6) is 0 Å². The van der Waals surface area contributed by atoms with Crippen LogP contribution in [0, 0.1) is 11.8 Å². The Morgan fingerprint density at radius 3 is 1.87 bits per heavy atom. The van der Waals surface area contributed by atoms with Crippen molar-refractivity contribution in [1.82, 2.24) is 0 Å². The van der Waals surface area contributed by atoms with Crippen LogP contribution in [0.1, 0.15) is 22.6 Å². The van der Waals surface area contributed by atoms with Gasteiger partial charge in [0.05, 0.1) is 34.2 Å². The van der Waals surface area contributed by atoms with Gasteiger partial charge in [0.25, 0.3) is 0 Å². The highest BCUT2D eigenvalue weighted by molar-refractivity contribution is 7.17. The van der Waals surface area contributed by atoms with E-state index in [9.17, 15) is 5.11 Å². The van der Waals surface area contributed by atoms with Crippen LogP contribution in [0.15, 0.2) is 24.3 Å². The molecule has 1 unspecified atom stereocenters. The average molecular weight is 411 g/mol. The van der Waals surface area contributed by atoms with Crippen LogP contribution in [0.2, 0.25) is 8.67 Å². The number of thiophene rings is 2. The Labute approximate surface area is 160 Å². The van der Waals surface area contributed by atoms with E-state index < -0.39 is 5.60 Å². The number of nitrogens with one attached hydrogen (secondary N) is 1. The Kier molecular flexibility index (Phi) is 5.35. The van der Waals surface area contributed by atoms with Gasteiger partial charge in [-0.2, -0.15) is 0 Å². The van der Waals surface area contributed by atoms with Gasteiger partial charge in [0, 0.05) is 22.6 Å². The Morgan fingerprint density at radius 2 is 1.52 bits per heavy atom. The number of piperidine rings is 3. The summed E-state index contributed by atoms with van der Waals surface area (Å²) in [5, 5.41) is 11.8. The van der Waals surface area contributed by atoms with Gasteiger partial charge in [-0.3, -0.25) is 0 Å². The van der Waals surface area contributed by atoms with Crippen molar-refractivity contribution in [2.24, 2.45) is 11.8 Å². The molecule has 3 fully saturated rings. The predicted molar refractivity (Wildman–Crippen MR) is 93.4 cm³/mol. The number of hydrogen-bond donors (Lipinski definition) is 2. The van der Waals surface area contributed by atoms with Crippen molar-refractivity contribution in [3.05, 3.63) is 42.7 Å². The third kappa shape index (κ3) is 3.08. The molecule has 2 bridgehead atoms. The topological polar surface area (TPSA) is 24.7 Å². The molecule has 7 heteroatoms. The fourth-order valence-electron chi connectivity index (χ4n) is 4.15. The molecule has 3 aliphatic rings. The van der Waals surface area contributed by atoms with Crippen molar-refractivity contribution in [3.8, 4) is 0 Å². The number of aliphatic hydroxyl groups is 1. The second-order valence-corrected chi connectivity index (χ2v) is 9.80. The minimum atomic E-state index is -0.952. The maximum atomic E-state index is 11.8. The van der Waals surface area contributed by atoms with Gasteiger partial charge in [-0.1, -0.05) is 23.2 Å². The lowest BCUT2D eigenvalue weighted by Crippen LogP contribution is -3.16. The second-order valence-electron chi connectivity index (χ2n) is 6.37. The molecule has 5 heterocycles. The third-order valence-electron chi connectivity index (χ3n) is 5.25. The zero-order valence-corrected chi connectivity index (χ0v) is 16.3. The van der Waals surface area contributed by atoms with Crippen molar-refractivity contribution in [2.75, 3.05) is 19.6 Å². The van der Waals surface area contributed by atoms with Crippen molar-refractivity contribution < 1.29 is 22.4 Å². The van der Waals surface area contributed by atoms with Crippen LogP contribution < -0.4 is 17.3 Å². The number of rotatable bonds is 3. The van der Waals surface area contributed by atoms with E-state index in [1.165, 1.54) is 48.6 Å². The first kappa shape index (κ1) is 18.0. The summed E-state index contributed by atoms with van der Waals surface area (Å²) in [5.41, 5.74) is -0.952. The number of fused-ring (bicyclic) bond motifs is 3. The van der Waals surface area contributed by atoms with Crippen LogP contribution in [0.4, 0.5) is 0 Å². The van der Waals surface area contributed by atoms with Gasteiger partial charge < -0.3 is 22.4 Å². The average Bonchev–Trinajstić information content (AvgIpc) is 3.17.